The lowest BCUT2D eigenvalue weighted by Crippen LogP contribution is -2.09. The largest absolute Gasteiger partial charge is 0.382 e. The molecule has 0 unspecified atom stereocenters. The summed E-state index contributed by atoms with van der Waals surface area (Å²) in [5.41, 5.74) is 0.888. The highest BCUT2D eigenvalue weighted by atomic mass is 35.5. The molecule has 0 saturated heterocycles. The van der Waals surface area contributed by atoms with Crippen molar-refractivity contribution in [3.05, 3.63) is 28.2 Å². The Hall–Kier alpha value is -0.400. The van der Waals surface area contributed by atoms with Crippen molar-refractivity contribution in [2.75, 3.05) is 5.32 Å². The van der Waals surface area contributed by atoms with Crippen LogP contribution in [-0.4, -0.2) is 6.04 Å². The Morgan fingerprint density at radius 2 is 1.92 bits per heavy atom. The van der Waals surface area contributed by atoms with Crippen LogP contribution in [0.5, 0.6) is 0 Å². The minimum atomic E-state index is 0.362. The first-order chi connectivity index (χ1) is 5.59. The second-order valence-electron chi connectivity index (χ2n) is 2.92. The maximum absolute atomic E-state index is 5.92. The highest BCUT2D eigenvalue weighted by Crippen LogP contribution is 2.25. The lowest BCUT2D eigenvalue weighted by Gasteiger charge is -2.11. The molecule has 1 rings (SSSR count). The Kier molecular flexibility index (Phi) is 3.24. The van der Waals surface area contributed by atoms with E-state index in [9.17, 15) is 0 Å². The van der Waals surface area contributed by atoms with E-state index >= 15 is 0 Å². The SMILES string of the molecule is CC(C)Nc1cc(Cl)ccc1Cl. The van der Waals surface area contributed by atoms with Gasteiger partial charge in [-0.25, -0.2) is 0 Å². The van der Waals surface area contributed by atoms with Crippen molar-refractivity contribution in [3.8, 4) is 0 Å². The second-order valence-corrected chi connectivity index (χ2v) is 3.77. The molecule has 0 bridgehead atoms. The standard InChI is InChI=1S/C9H11Cl2N/c1-6(2)12-9-5-7(10)3-4-8(9)11/h3-6,12H,1-2H3. The Balaban J connectivity index is 2.90. The first-order valence-electron chi connectivity index (χ1n) is 3.81. The number of halogens is 2. The summed E-state index contributed by atoms with van der Waals surface area (Å²) >= 11 is 11.7. The fourth-order valence-electron chi connectivity index (χ4n) is 0.919. The Morgan fingerprint density at radius 1 is 1.25 bits per heavy atom. The molecule has 1 aromatic carbocycles. The minimum absolute atomic E-state index is 0.362. The van der Waals surface area contributed by atoms with E-state index in [0.717, 1.165) is 5.69 Å². The lowest BCUT2D eigenvalue weighted by atomic mass is 10.3. The van der Waals surface area contributed by atoms with Gasteiger partial charge in [-0.1, -0.05) is 23.2 Å². The summed E-state index contributed by atoms with van der Waals surface area (Å²) in [7, 11) is 0. The first-order valence-corrected chi connectivity index (χ1v) is 4.57. The van der Waals surface area contributed by atoms with Gasteiger partial charge in [-0.05, 0) is 32.0 Å². The van der Waals surface area contributed by atoms with Crippen molar-refractivity contribution in [2.45, 2.75) is 19.9 Å². The molecule has 0 atom stereocenters. The van der Waals surface area contributed by atoms with Crippen molar-refractivity contribution < 1.29 is 0 Å². The van der Waals surface area contributed by atoms with Crippen molar-refractivity contribution in [1.82, 2.24) is 0 Å². The van der Waals surface area contributed by atoms with Crippen LogP contribution in [0.15, 0.2) is 18.2 Å². The fraction of sp³-hybridized carbons (Fsp3) is 0.333. The molecule has 0 fully saturated rings. The maximum atomic E-state index is 5.92. The lowest BCUT2D eigenvalue weighted by molar-refractivity contribution is 0.900. The molecule has 0 saturated carbocycles. The average Bonchev–Trinajstić information content (AvgIpc) is 1.96. The van der Waals surface area contributed by atoms with Gasteiger partial charge in [0.2, 0.25) is 0 Å². The quantitative estimate of drug-likeness (QED) is 0.772. The molecule has 0 aromatic heterocycles. The molecule has 0 aliphatic carbocycles. The number of benzene rings is 1. The zero-order chi connectivity index (χ0) is 9.14. The summed E-state index contributed by atoms with van der Waals surface area (Å²) in [6.07, 6.45) is 0. The molecule has 12 heavy (non-hydrogen) atoms. The summed E-state index contributed by atoms with van der Waals surface area (Å²) in [6.45, 7) is 4.11. The highest BCUT2D eigenvalue weighted by Gasteiger charge is 2.01. The molecule has 0 radical (unpaired) electrons. The van der Waals surface area contributed by atoms with Crippen LogP contribution in [0.1, 0.15) is 13.8 Å². The molecule has 66 valence electrons. The van der Waals surface area contributed by atoms with E-state index in [1.54, 1.807) is 12.1 Å². The first kappa shape index (κ1) is 9.69. The molecule has 1 N–H and O–H groups in total. The van der Waals surface area contributed by atoms with E-state index < -0.39 is 0 Å². The van der Waals surface area contributed by atoms with Crippen molar-refractivity contribution in [1.29, 1.82) is 0 Å². The van der Waals surface area contributed by atoms with Crippen LogP contribution in [0, 0.1) is 0 Å². The van der Waals surface area contributed by atoms with E-state index in [-0.39, 0.29) is 0 Å². The molecular formula is C9H11Cl2N. The molecule has 0 spiro atoms. The molecule has 0 aliphatic rings. The van der Waals surface area contributed by atoms with Gasteiger partial charge in [-0.15, -0.1) is 0 Å². The number of hydrogen-bond donors (Lipinski definition) is 1. The minimum Gasteiger partial charge on any atom is -0.382 e. The number of hydrogen-bond acceptors (Lipinski definition) is 1. The van der Waals surface area contributed by atoms with Crippen LogP contribution in [0.25, 0.3) is 0 Å². The molecule has 0 heterocycles. The molecule has 0 aliphatic heterocycles. The summed E-state index contributed by atoms with van der Waals surface area (Å²) < 4.78 is 0. The maximum Gasteiger partial charge on any atom is 0.0638 e. The van der Waals surface area contributed by atoms with E-state index in [4.69, 9.17) is 23.2 Å². The van der Waals surface area contributed by atoms with Crippen LogP contribution in [-0.2, 0) is 0 Å². The third-order valence-corrected chi connectivity index (χ3v) is 1.94. The van der Waals surface area contributed by atoms with Gasteiger partial charge in [0.15, 0.2) is 0 Å². The smallest absolute Gasteiger partial charge is 0.0638 e. The van der Waals surface area contributed by atoms with Crippen molar-refractivity contribution in [2.24, 2.45) is 0 Å². The van der Waals surface area contributed by atoms with E-state index in [1.165, 1.54) is 0 Å². The Labute approximate surface area is 82.7 Å². The van der Waals surface area contributed by atoms with Gasteiger partial charge < -0.3 is 5.32 Å². The van der Waals surface area contributed by atoms with Gasteiger partial charge in [0.1, 0.15) is 0 Å². The predicted octanol–water partition coefficient (Wildman–Crippen LogP) is 3.81. The summed E-state index contributed by atoms with van der Waals surface area (Å²) in [6, 6.07) is 5.74. The van der Waals surface area contributed by atoms with E-state index in [0.29, 0.717) is 16.1 Å². The van der Waals surface area contributed by atoms with Crippen LogP contribution < -0.4 is 5.32 Å². The average molecular weight is 204 g/mol. The summed E-state index contributed by atoms with van der Waals surface area (Å²) in [4.78, 5) is 0. The molecule has 1 aromatic rings. The second kappa shape index (κ2) is 4.01. The monoisotopic (exact) mass is 203 g/mol. The Bertz CT molecular complexity index is 271. The zero-order valence-corrected chi connectivity index (χ0v) is 8.58. The molecule has 1 nitrogen and oxygen atoms in total. The van der Waals surface area contributed by atoms with Crippen LogP contribution in [0.4, 0.5) is 5.69 Å². The fourth-order valence-corrected chi connectivity index (χ4v) is 1.26. The number of rotatable bonds is 2. The van der Waals surface area contributed by atoms with Crippen LogP contribution >= 0.6 is 23.2 Å². The van der Waals surface area contributed by atoms with Gasteiger partial charge in [-0.2, -0.15) is 0 Å². The van der Waals surface area contributed by atoms with Gasteiger partial charge in [0.25, 0.3) is 0 Å². The zero-order valence-electron chi connectivity index (χ0n) is 7.07. The van der Waals surface area contributed by atoms with Crippen LogP contribution in [0.2, 0.25) is 10.0 Å². The van der Waals surface area contributed by atoms with Crippen molar-refractivity contribution >= 4 is 28.9 Å². The highest BCUT2D eigenvalue weighted by molar-refractivity contribution is 6.35. The third kappa shape index (κ3) is 2.58. The normalized spacial score (nSPS) is 10.4. The molecular weight excluding hydrogens is 193 g/mol. The topological polar surface area (TPSA) is 12.0 Å². The van der Waals surface area contributed by atoms with Gasteiger partial charge >= 0.3 is 0 Å². The van der Waals surface area contributed by atoms with E-state index in [1.807, 2.05) is 6.07 Å². The van der Waals surface area contributed by atoms with Crippen LogP contribution in [0.3, 0.4) is 0 Å². The summed E-state index contributed by atoms with van der Waals surface area (Å²) in [5.74, 6) is 0. The third-order valence-electron chi connectivity index (χ3n) is 1.37. The summed E-state index contributed by atoms with van der Waals surface area (Å²) in [5, 5.41) is 4.60. The number of anilines is 1. The van der Waals surface area contributed by atoms with E-state index in [2.05, 4.69) is 19.2 Å². The van der Waals surface area contributed by atoms with Gasteiger partial charge in [-0.3, -0.25) is 0 Å². The molecule has 0 amide bonds. The Morgan fingerprint density at radius 3 is 2.50 bits per heavy atom. The van der Waals surface area contributed by atoms with Crippen molar-refractivity contribution in [3.63, 3.8) is 0 Å². The number of nitrogens with one attached hydrogen (secondary N) is 1. The van der Waals surface area contributed by atoms with Gasteiger partial charge in [0.05, 0.1) is 10.7 Å². The molecule has 3 heteroatoms. The predicted molar refractivity (Wildman–Crippen MR) is 55.2 cm³/mol. The van der Waals surface area contributed by atoms with Gasteiger partial charge in [0, 0.05) is 11.1 Å².